The molecule has 0 saturated carbocycles. The maximum absolute atomic E-state index is 16.4. The molecule has 24 heteroatoms. The molecule has 0 spiro atoms. The minimum atomic E-state index is -3.21. The van der Waals surface area contributed by atoms with E-state index in [9.17, 15) is 8.78 Å². The summed E-state index contributed by atoms with van der Waals surface area (Å²) in [6, 6.07) is 109. The summed E-state index contributed by atoms with van der Waals surface area (Å²) in [6.07, 6.45) is 0. The highest BCUT2D eigenvalue weighted by atomic mass is 79.9. The molecule has 4 aliphatic rings. The van der Waals surface area contributed by atoms with Crippen molar-refractivity contribution in [3.8, 4) is 113 Å². The standard InChI is InChI=1S/C40H23F2N3O.C25H13ClF2O.C21H22BN3O2.C13H6BrClF2.C12H9BO3/c41-40(42)33-22-27(26-17-20-36-32(21-26)31-13-7-8-14-35(31)46-36)15-18-29(33)30-19-16-28(23-34(30)40)39-44-37(24-9-3-1-4-10-24)43-38(45-39)25-11-5-2-6-12-25;26-16-7-9-18-17-8-5-15(12-21(17)25(27,28)22(18)13-16)14-6-10-24-20(11-14)19-3-1-2-4-23(19)29-24;1-20(2)21(3,4)27-22(26-20)19-24-17(15-11-7-5-8-12-15)23-18(25-19)16-13-9-6-10-14-16;14-7-1-3-9-10-4-2-8(15)6-12(10)13(16,17)11(9)5-7;14-13(15)8-5-6-12-10(7-8)9-3-1-2-4-11(9)16-12/h1-23H;1-13H;5-14H,1-4H3;1-6H;1-7,14-15H. The van der Waals surface area contributed by atoms with E-state index in [1.807, 2.05) is 276 Å². The molecule has 6 heterocycles. The number of alkyl halides is 6. The molecule has 16 aromatic carbocycles. The molecule has 2 N–H and O–H groups in total. The zero-order chi connectivity index (χ0) is 93.0. The minimum Gasteiger partial charge on any atom is -0.456 e. The molecular weight excluding hydrogens is 1820 g/mol. The van der Waals surface area contributed by atoms with Gasteiger partial charge in [-0.1, -0.05) is 294 Å². The van der Waals surface area contributed by atoms with Gasteiger partial charge < -0.3 is 32.6 Å². The number of hydrogen-bond donors (Lipinski definition) is 2. The van der Waals surface area contributed by atoms with Gasteiger partial charge in [-0.3, -0.25) is 0 Å². The SMILES string of the molecule is CC1(C)OB(c2nc(-c3ccccc3)nc(-c3ccccc3)n2)OC1(C)C.FC1(F)c2cc(-c3ccc4oc5ccccc5c4c3)ccc2-c2ccc(-c3nc(-c4ccccc4)nc(-c4ccccc4)n3)cc21.FC1(F)c2cc(Cl)ccc2-c2ccc(-c3ccc4oc5ccccc5c4c3)cc21.FC1(F)c2cc(Cl)ccc2-c2ccc(Br)cc21.OB(O)c1ccc2oc3ccccc3c2c1. The third-order valence-corrected chi connectivity index (χ3v) is 26.1. The van der Waals surface area contributed by atoms with Gasteiger partial charge in [-0.05, 0) is 192 Å². The minimum absolute atomic E-state index is 0.0140. The molecule has 25 rings (SSSR count). The Bertz CT molecular complexity index is 8060. The second kappa shape index (κ2) is 34.5. The Morgan fingerprint density at radius 2 is 0.548 bits per heavy atom. The highest BCUT2D eigenvalue weighted by Gasteiger charge is 2.54. The van der Waals surface area contributed by atoms with Gasteiger partial charge in [-0.2, -0.15) is 26.3 Å². The Hall–Kier alpha value is -14.5. The first kappa shape index (κ1) is 87.2. The summed E-state index contributed by atoms with van der Waals surface area (Å²) in [4.78, 5) is 28.2. The van der Waals surface area contributed by atoms with Gasteiger partial charge in [-0.25, -0.2) is 29.9 Å². The van der Waals surface area contributed by atoms with Crippen LogP contribution in [0.5, 0.6) is 0 Å². The average Bonchev–Trinajstić information content (AvgIpc) is 1.57. The molecule has 0 unspecified atom stereocenters. The summed E-state index contributed by atoms with van der Waals surface area (Å²) in [5, 5.41) is 24.7. The van der Waals surface area contributed by atoms with E-state index in [4.69, 9.17) is 70.8 Å². The predicted molar refractivity (Wildman–Crippen MR) is 527 cm³/mol. The first-order valence-electron chi connectivity index (χ1n) is 43.3. The number of halogens is 9. The molecular formula is C111H73B2BrCl2F6N6O7. The maximum Gasteiger partial charge on any atom is 0.534 e. The first-order chi connectivity index (χ1) is 65.2. The van der Waals surface area contributed by atoms with Crippen LogP contribution in [0.15, 0.2) is 376 Å². The Morgan fingerprint density at radius 3 is 0.926 bits per heavy atom. The van der Waals surface area contributed by atoms with Crippen LogP contribution >= 0.6 is 39.1 Å². The number of furan rings is 3. The molecule has 0 amide bonds. The van der Waals surface area contributed by atoms with E-state index < -0.39 is 43.2 Å². The molecule has 1 aliphatic heterocycles. The van der Waals surface area contributed by atoms with Crippen molar-refractivity contribution < 1.29 is 59.0 Å². The number of nitrogens with zero attached hydrogens (tertiary/aromatic N) is 6. The predicted octanol–water partition coefficient (Wildman–Crippen LogP) is 28.6. The van der Waals surface area contributed by atoms with E-state index in [-0.39, 0.29) is 33.4 Å². The highest BCUT2D eigenvalue weighted by molar-refractivity contribution is 9.10. The fraction of sp³-hybridized carbons (Fsp3) is 0.0811. The number of fused-ring (bicyclic) bond motifs is 18. The maximum atomic E-state index is 16.4. The number of hydrogen-bond acceptors (Lipinski definition) is 13. The van der Waals surface area contributed by atoms with Crippen molar-refractivity contribution in [2.75, 3.05) is 0 Å². The zero-order valence-corrected chi connectivity index (χ0v) is 75.3. The van der Waals surface area contributed by atoms with Crippen molar-refractivity contribution in [1.82, 2.24) is 29.9 Å². The molecule has 13 nitrogen and oxygen atoms in total. The van der Waals surface area contributed by atoms with Crippen molar-refractivity contribution >= 4 is 130 Å². The van der Waals surface area contributed by atoms with Crippen molar-refractivity contribution in [2.45, 2.75) is 56.7 Å². The van der Waals surface area contributed by atoms with Crippen LogP contribution in [0.25, 0.3) is 178 Å². The molecule has 3 aliphatic carbocycles. The zero-order valence-electron chi connectivity index (χ0n) is 72.2. The van der Waals surface area contributed by atoms with Gasteiger partial charge in [0.05, 0.1) is 11.2 Å². The third kappa shape index (κ3) is 16.3. The molecule has 1 fully saturated rings. The lowest BCUT2D eigenvalue weighted by atomic mass is 9.80. The second-order valence-corrected chi connectivity index (χ2v) is 35.9. The van der Waals surface area contributed by atoms with Gasteiger partial charge in [0, 0.05) is 108 Å². The molecule has 135 heavy (non-hydrogen) atoms. The van der Waals surface area contributed by atoms with Crippen molar-refractivity contribution in [2.24, 2.45) is 0 Å². The van der Waals surface area contributed by atoms with Crippen LogP contribution in [0, 0.1) is 0 Å². The summed E-state index contributed by atoms with van der Waals surface area (Å²) >= 11 is 15.0. The monoisotopic (exact) mass is 1890 g/mol. The topological polar surface area (TPSA) is 176 Å². The molecule has 658 valence electrons. The van der Waals surface area contributed by atoms with E-state index in [1.54, 1.807) is 84.9 Å². The lowest BCUT2D eigenvalue weighted by Crippen LogP contribution is -2.41. The van der Waals surface area contributed by atoms with Crippen molar-refractivity contribution in [3.63, 3.8) is 0 Å². The smallest absolute Gasteiger partial charge is 0.456 e. The Labute approximate surface area is 788 Å². The van der Waals surface area contributed by atoms with Crippen LogP contribution in [0.2, 0.25) is 10.0 Å². The summed E-state index contributed by atoms with van der Waals surface area (Å²) in [7, 11) is -2.08. The van der Waals surface area contributed by atoms with Gasteiger partial charge in [0.15, 0.2) is 34.8 Å². The first-order valence-corrected chi connectivity index (χ1v) is 44.9. The van der Waals surface area contributed by atoms with Crippen LogP contribution in [0.3, 0.4) is 0 Å². The summed E-state index contributed by atoms with van der Waals surface area (Å²) in [5.41, 5.74) is 15.1. The van der Waals surface area contributed by atoms with E-state index in [0.29, 0.717) is 93.8 Å². The molecule has 0 atom stereocenters. The van der Waals surface area contributed by atoms with Crippen LogP contribution in [-0.4, -0.2) is 65.4 Å². The largest absolute Gasteiger partial charge is 0.534 e. The fourth-order valence-electron chi connectivity index (χ4n) is 17.6. The van der Waals surface area contributed by atoms with Crippen LogP contribution in [-0.2, 0) is 27.1 Å². The summed E-state index contributed by atoms with van der Waals surface area (Å²) in [6.45, 7) is 8.07. The van der Waals surface area contributed by atoms with Gasteiger partial charge in [0.25, 0.3) is 17.8 Å². The normalized spacial score (nSPS) is 14.4. The summed E-state index contributed by atoms with van der Waals surface area (Å²) in [5.74, 6) is -6.75. The number of para-hydroxylation sites is 3. The van der Waals surface area contributed by atoms with Crippen LogP contribution in [0.1, 0.15) is 61.1 Å². The molecule has 5 aromatic heterocycles. The lowest BCUT2D eigenvalue weighted by molar-refractivity contribution is 0.00578. The number of benzene rings is 16. The third-order valence-electron chi connectivity index (χ3n) is 25.2. The van der Waals surface area contributed by atoms with E-state index in [2.05, 4.69) is 30.9 Å². The molecule has 21 aromatic rings. The van der Waals surface area contributed by atoms with Gasteiger partial charge in [0.1, 0.15) is 33.5 Å². The summed E-state index contributed by atoms with van der Waals surface area (Å²) < 4.78 is 122. The second-order valence-electron chi connectivity index (χ2n) is 34.1. The number of rotatable bonds is 9. The average molecular weight is 1890 g/mol. The Balaban J connectivity index is 0.000000107. The molecule has 0 bridgehead atoms. The lowest BCUT2D eigenvalue weighted by Gasteiger charge is -2.32. The Morgan fingerprint density at radius 1 is 0.274 bits per heavy atom. The highest BCUT2D eigenvalue weighted by Crippen LogP contribution is 2.56. The van der Waals surface area contributed by atoms with E-state index in [0.717, 1.165) is 110 Å². The number of aromatic nitrogens is 6. The molecule has 0 radical (unpaired) electrons. The van der Waals surface area contributed by atoms with E-state index >= 15 is 17.6 Å². The van der Waals surface area contributed by atoms with Crippen molar-refractivity contribution in [1.29, 1.82) is 0 Å². The van der Waals surface area contributed by atoms with Crippen LogP contribution in [0.4, 0.5) is 26.3 Å². The fourth-order valence-corrected chi connectivity index (χ4v) is 18.3. The van der Waals surface area contributed by atoms with Crippen LogP contribution < -0.4 is 11.2 Å². The quantitative estimate of drug-likeness (QED) is 0.103. The van der Waals surface area contributed by atoms with Gasteiger partial charge in [-0.15, -0.1) is 0 Å². The van der Waals surface area contributed by atoms with Gasteiger partial charge >= 0.3 is 14.2 Å². The Kier molecular flexibility index (Phi) is 22.3. The van der Waals surface area contributed by atoms with E-state index in [1.165, 1.54) is 24.3 Å². The van der Waals surface area contributed by atoms with Gasteiger partial charge in [0.2, 0.25) is 0 Å². The van der Waals surface area contributed by atoms with Crippen molar-refractivity contribution in [3.05, 3.63) is 406 Å². The molecule has 1 saturated heterocycles.